The summed E-state index contributed by atoms with van der Waals surface area (Å²) < 4.78 is 0. The molecule has 1 saturated heterocycles. The van der Waals surface area contributed by atoms with Crippen LogP contribution in [0.5, 0.6) is 0 Å². The number of aromatic nitrogens is 2. The van der Waals surface area contributed by atoms with Gasteiger partial charge in [0.15, 0.2) is 5.96 Å². The second-order valence-corrected chi connectivity index (χ2v) is 9.98. The number of fused-ring (bicyclic) bond motifs is 1. The number of carbonyl (C=O) groups is 2. The molecule has 2 amide bonds. The van der Waals surface area contributed by atoms with E-state index in [-0.39, 0.29) is 23.7 Å². The Balaban J connectivity index is 1.41. The second kappa shape index (κ2) is 9.18. The van der Waals surface area contributed by atoms with Crippen LogP contribution in [0, 0.1) is 11.3 Å². The topological polar surface area (TPSA) is 102 Å². The Kier molecular flexibility index (Phi) is 6.04. The normalized spacial score (nSPS) is 20.0. The van der Waals surface area contributed by atoms with E-state index in [0.717, 1.165) is 22.4 Å². The molecule has 36 heavy (non-hydrogen) atoms. The highest BCUT2D eigenvalue weighted by Gasteiger charge is 2.52. The van der Waals surface area contributed by atoms with E-state index in [1.165, 1.54) is 11.2 Å². The van der Waals surface area contributed by atoms with E-state index >= 15 is 0 Å². The smallest absolute Gasteiger partial charge is 0.260 e. The summed E-state index contributed by atoms with van der Waals surface area (Å²) in [4.78, 5) is 38.9. The molecule has 8 heteroatoms. The molecule has 3 heterocycles. The summed E-state index contributed by atoms with van der Waals surface area (Å²) in [5.41, 5.74) is 3.03. The molecule has 1 unspecified atom stereocenters. The van der Waals surface area contributed by atoms with Crippen LogP contribution in [0.1, 0.15) is 66.0 Å². The number of nitrogens with one attached hydrogen (secondary N) is 2. The molecule has 2 atom stereocenters. The Hall–Kier alpha value is -4.07. The molecule has 2 aliphatic rings. The largest absolute Gasteiger partial charge is 0.338 e. The van der Waals surface area contributed by atoms with E-state index in [9.17, 15) is 9.59 Å². The molecular formula is C28H30N6O2. The molecule has 0 spiro atoms. The Morgan fingerprint density at radius 3 is 2.61 bits per heavy atom. The molecule has 2 aromatic carbocycles. The van der Waals surface area contributed by atoms with E-state index in [1.54, 1.807) is 17.2 Å². The SMILES string of the molecule is CC(C)CC1(c2ccccc2)NC(=N)N([C@H](C)c2cccc(C(=O)N3Cc4cncnc4C3)c2)C1=O. The van der Waals surface area contributed by atoms with Gasteiger partial charge in [-0.05, 0) is 42.5 Å². The molecule has 0 aliphatic carbocycles. The van der Waals surface area contributed by atoms with Gasteiger partial charge in [0.1, 0.15) is 11.9 Å². The van der Waals surface area contributed by atoms with Crippen molar-refractivity contribution in [3.8, 4) is 0 Å². The number of carbonyl (C=O) groups excluding carboxylic acids is 2. The predicted octanol–water partition coefficient (Wildman–Crippen LogP) is 4.00. The Morgan fingerprint density at radius 1 is 1.11 bits per heavy atom. The summed E-state index contributed by atoms with van der Waals surface area (Å²) in [6.45, 7) is 6.97. The van der Waals surface area contributed by atoms with Gasteiger partial charge in [0.05, 0.1) is 18.3 Å². The van der Waals surface area contributed by atoms with Crippen LogP contribution in [0.3, 0.4) is 0 Å². The summed E-state index contributed by atoms with van der Waals surface area (Å²) in [5.74, 6) is 0.0638. The van der Waals surface area contributed by atoms with Crippen molar-refractivity contribution < 1.29 is 9.59 Å². The average Bonchev–Trinajstić information content (AvgIpc) is 3.42. The van der Waals surface area contributed by atoms with E-state index in [4.69, 9.17) is 5.41 Å². The molecule has 1 fully saturated rings. The van der Waals surface area contributed by atoms with Crippen LogP contribution in [-0.2, 0) is 23.4 Å². The second-order valence-electron chi connectivity index (χ2n) is 9.98. The molecule has 2 N–H and O–H groups in total. The molecule has 0 bridgehead atoms. The predicted molar refractivity (Wildman–Crippen MR) is 136 cm³/mol. The van der Waals surface area contributed by atoms with E-state index in [0.29, 0.717) is 25.1 Å². The number of nitrogens with zero attached hydrogens (tertiary/aromatic N) is 4. The summed E-state index contributed by atoms with van der Waals surface area (Å²) in [6.07, 6.45) is 3.82. The Bertz CT molecular complexity index is 1300. The van der Waals surface area contributed by atoms with Crippen LogP contribution in [-0.4, -0.2) is 37.5 Å². The quantitative estimate of drug-likeness (QED) is 0.553. The van der Waals surface area contributed by atoms with Crippen molar-refractivity contribution >= 4 is 17.8 Å². The Labute approximate surface area is 210 Å². The van der Waals surface area contributed by atoms with Gasteiger partial charge in [-0.3, -0.25) is 19.9 Å². The number of hydrogen-bond acceptors (Lipinski definition) is 5. The number of rotatable bonds is 6. The summed E-state index contributed by atoms with van der Waals surface area (Å²) in [7, 11) is 0. The van der Waals surface area contributed by atoms with Crippen molar-refractivity contribution in [1.82, 2.24) is 25.1 Å². The minimum atomic E-state index is -0.990. The number of benzene rings is 2. The number of amides is 2. The third kappa shape index (κ3) is 4.02. The van der Waals surface area contributed by atoms with Crippen molar-refractivity contribution in [2.45, 2.75) is 51.9 Å². The van der Waals surface area contributed by atoms with Crippen LogP contribution in [0.4, 0.5) is 0 Å². The molecule has 1 aromatic heterocycles. The highest BCUT2D eigenvalue weighted by atomic mass is 16.2. The third-order valence-corrected chi connectivity index (χ3v) is 7.01. The lowest BCUT2D eigenvalue weighted by molar-refractivity contribution is -0.133. The van der Waals surface area contributed by atoms with Gasteiger partial charge in [0, 0.05) is 23.9 Å². The Morgan fingerprint density at radius 2 is 1.89 bits per heavy atom. The third-order valence-electron chi connectivity index (χ3n) is 7.01. The first-order valence-electron chi connectivity index (χ1n) is 12.2. The van der Waals surface area contributed by atoms with Gasteiger partial charge in [-0.25, -0.2) is 9.97 Å². The van der Waals surface area contributed by atoms with Crippen LogP contribution >= 0.6 is 0 Å². The van der Waals surface area contributed by atoms with Gasteiger partial charge in [-0.1, -0.05) is 56.3 Å². The highest BCUT2D eigenvalue weighted by Crippen LogP contribution is 2.38. The summed E-state index contributed by atoms with van der Waals surface area (Å²) in [5, 5.41) is 11.9. The fourth-order valence-electron chi connectivity index (χ4n) is 5.29. The van der Waals surface area contributed by atoms with Crippen LogP contribution in [0.2, 0.25) is 0 Å². The van der Waals surface area contributed by atoms with Crippen molar-refractivity contribution in [2.75, 3.05) is 0 Å². The molecule has 0 radical (unpaired) electrons. The average molecular weight is 483 g/mol. The minimum absolute atomic E-state index is 0.0716. The van der Waals surface area contributed by atoms with Crippen molar-refractivity contribution in [2.24, 2.45) is 5.92 Å². The van der Waals surface area contributed by atoms with E-state index < -0.39 is 11.6 Å². The van der Waals surface area contributed by atoms with E-state index in [2.05, 4.69) is 29.1 Å². The standard InChI is InChI=1S/C28H30N6O2/c1-18(2)13-28(23-10-5-4-6-11-23)26(36)34(27(29)32-28)19(3)20-8-7-9-21(12-20)25(35)33-15-22-14-30-17-31-24(22)16-33/h4-12,14,17-19H,13,15-16H2,1-3H3,(H2,29,32)/t19-,28?/m1/s1. The zero-order valence-corrected chi connectivity index (χ0v) is 20.7. The van der Waals surface area contributed by atoms with Gasteiger partial charge in [-0.15, -0.1) is 0 Å². The van der Waals surface area contributed by atoms with Crippen LogP contribution in [0.25, 0.3) is 0 Å². The molecule has 184 valence electrons. The lowest BCUT2D eigenvalue weighted by atomic mass is 9.82. The lowest BCUT2D eigenvalue weighted by Crippen LogP contribution is -2.45. The molecule has 8 nitrogen and oxygen atoms in total. The zero-order valence-electron chi connectivity index (χ0n) is 20.7. The summed E-state index contributed by atoms with van der Waals surface area (Å²) in [6, 6.07) is 16.5. The van der Waals surface area contributed by atoms with E-state index in [1.807, 2.05) is 55.5 Å². The molecular weight excluding hydrogens is 452 g/mol. The van der Waals surface area contributed by atoms with Crippen molar-refractivity contribution in [3.05, 3.63) is 95.1 Å². The summed E-state index contributed by atoms with van der Waals surface area (Å²) >= 11 is 0. The van der Waals surface area contributed by atoms with Gasteiger partial charge in [0.25, 0.3) is 11.8 Å². The molecule has 5 rings (SSSR count). The molecule has 2 aliphatic heterocycles. The van der Waals surface area contributed by atoms with Crippen molar-refractivity contribution in [3.63, 3.8) is 0 Å². The monoisotopic (exact) mass is 482 g/mol. The molecule has 0 saturated carbocycles. The number of hydrogen-bond donors (Lipinski definition) is 2. The number of guanidine groups is 1. The van der Waals surface area contributed by atoms with Gasteiger partial charge < -0.3 is 10.2 Å². The van der Waals surface area contributed by atoms with Crippen molar-refractivity contribution in [1.29, 1.82) is 5.41 Å². The zero-order chi connectivity index (χ0) is 25.4. The van der Waals surface area contributed by atoms with Gasteiger partial charge in [-0.2, -0.15) is 0 Å². The lowest BCUT2D eigenvalue weighted by Gasteiger charge is -2.30. The minimum Gasteiger partial charge on any atom is -0.338 e. The maximum Gasteiger partial charge on any atom is 0.260 e. The fraction of sp³-hybridized carbons (Fsp3) is 0.321. The first-order valence-corrected chi connectivity index (χ1v) is 12.2. The highest BCUT2D eigenvalue weighted by molar-refractivity contribution is 6.08. The van der Waals surface area contributed by atoms with Gasteiger partial charge >= 0.3 is 0 Å². The van der Waals surface area contributed by atoms with Crippen LogP contribution in [0.15, 0.2) is 67.1 Å². The molecule has 3 aromatic rings. The first-order chi connectivity index (χ1) is 17.3. The maximum atomic E-state index is 14.0. The first kappa shape index (κ1) is 23.7. The van der Waals surface area contributed by atoms with Gasteiger partial charge in [0.2, 0.25) is 0 Å². The van der Waals surface area contributed by atoms with Crippen LogP contribution < -0.4 is 5.32 Å². The maximum absolute atomic E-state index is 14.0. The fourth-order valence-corrected chi connectivity index (χ4v) is 5.29.